The number of hydrogen-bond acceptors (Lipinski definition) is 3. The van der Waals surface area contributed by atoms with Crippen LogP contribution in [0.5, 0.6) is 0 Å². The number of likely N-dealkylation sites (tertiary alicyclic amines) is 1. The van der Waals surface area contributed by atoms with Gasteiger partial charge in [-0.05, 0) is 57.8 Å². The highest BCUT2D eigenvalue weighted by atomic mass is 15.2. The monoisotopic (exact) mass is 223 g/mol. The van der Waals surface area contributed by atoms with Gasteiger partial charge in [0.1, 0.15) is 0 Å². The highest BCUT2D eigenvalue weighted by Gasteiger charge is 2.33. The number of nitrogens with zero attached hydrogens (tertiary/aromatic N) is 2. The van der Waals surface area contributed by atoms with Crippen molar-refractivity contribution >= 4 is 0 Å². The van der Waals surface area contributed by atoms with Crippen LogP contribution < -0.4 is 5.32 Å². The van der Waals surface area contributed by atoms with Crippen LogP contribution in [0, 0.1) is 5.92 Å². The van der Waals surface area contributed by atoms with Gasteiger partial charge in [-0.25, -0.2) is 0 Å². The third-order valence-electron chi connectivity index (χ3n) is 4.69. The van der Waals surface area contributed by atoms with Crippen LogP contribution in [0.2, 0.25) is 0 Å². The van der Waals surface area contributed by atoms with Crippen LogP contribution in [0.25, 0.3) is 0 Å². The summed E-state index contributed by atoms with van der Waals surface area (Å²) in [4.78, 5) is 5.24. The zero-order chi connectivity index (χ0) is 10.8. The van der Waals surface area contributed by atoms with Crippen LogP contribution in [-0.2, 0) is 0 Å². The molecule has 1 atom stereocenters. The number of nitrogens with one attached hydrogen (secondary N) is 1. The zero-order valence-electron chi connectivity index (χ0n) is 10.3. The average Bonchev–Trinajstić information content (AvgIpc) is 2.84. The Morgan fingerprint density at radius 1 is 1.00 bits per heavy atom. The third kappa shape index (κ3) is 2.41. The Morgan fingerprint density at radius 2 is 1.75 bits per heavy atom. The largest absolute Gasteiger partial charge is 0.311 e. The van der Waals surface area contributed by atoms with Gasteiger partial charge in [0.25, 0.3) is 0 Å². The van der Waals surface area contributed by atoms with E-state index in [1.807, 2.05) is 0 Å². The standard InChI is InChI=1S/C13H25N3/c1-2-7-15(6-1)10-5-14-13-11-16-8-3-12(13)4-9-16/h12-14H,1-11H2. The first-order valence-corrected chi connectivity index (χ1v) is 7.10. The van der Waals surface area contributed by atoms with Crippen LogP contribution in [0.15, 0.2) is 0 Å². The maximum absolute atomic E-state index is 3.80. The molecule has 1 N–H and O–H groups in total. The first-order chi connectivity index (χ1) is 7.92. The fourth-order valence-electron chi connectivity index (χ4n) is 3.61. The van der Waals surface area contributed by atoms with Gasteiger partial charge >= 0.3 is 0 Å². The molecule has 4 saturated heterocycles. The molecule has 4 aliphatic heterocycles. The third-order valence-corrected chi connectivity index (χ3v) is 4.69. The molecule has 0 aliphatic carbocycles. The smallest absolute Gasteiger partial charge is 0.0224 e. The molecule has 0 aromatic rings. The molecule has 4 heterocycles. The van der Waals surface area contributed by atoms with Gasteiger partial charge in [0.2, 0.25) is 0 Å². The second kappa shape index (κ2) is 5.03. The van der Waals surface area contributed by atoms with Gasteiger partial charge in [0.15, 0.2) is 0 Å². The topological polar surface area (TPSA) is 18.5 Å². The second-order valence-corrected chi connectivity index (χ2v) is 5.75. The van der Waals surface area contributed by atoms with Crippen molar-refractivity contribution in [2.24, 2.45) is 5.92 Å². The molecular formula is C13H25N3. The summed E-state index contributed by atoms with van der Waals surface area (Å²) >= 11 is 0. The van der Waals surface area contributed by atoms with Crippen molar-refractivity contribution in [3.63, 3.8) is 0 Å². The maximum Gasteiger partial charge on any atom is 0.0224 e. The van der Waals surface area contributed by atoms with Crippen molar-refractivity contribution in [2.45, 2.75) is 31.7 Å². The summed E-state index contributed by atoms with van der Waals surface area (Å²) in [5.74, 6) is 0.976. The highest BCUT2D eigenvalue weighted by molar-refractivity contribution is 4.90. The number of piperidine rings is 3. The molecule has 0 aromatic carbocycles. The van der Waals surface area contributed by atoms with E-state index in [9.17, 15) is 0 Å². The predicted octanol–water partition coefficient (Wildman–Crippen LogP) is 0.766. The van der Waals surface area contributed by atoms with E-state index >= 15 is 0 Å². The molecule has 0 radical (unpaired) electrons. The Balaban J connectivity index is 1.38. The molecular weight excluding hydrogens is 198 g/mol. The summed E-state index contributed by atoms with van der Waals surface area (Å²) in [5.41, 5.74) is 0. The van der Waals surface area contributed by atoms with Crippen LogP contribution in [0.3, 0.4) is 0 Å². The minimum atomic E-state index is 0.796. The van der Waals surface area contributed by atoms with Crippen molar-refractivity contribution in [1.82, 2.24) is 15.1 Å². The van der Waals surface area contributed by atoms with Crippen molar-refractivity contribution in [2.75, 3.05) is 45.8 Å². The van der Waals surface area contributed by atoms with Crippen molar-refractivity contribution in [3.05, 3.63) is 0 Å². The summed E-state index contributed by atoms with van der Waals surface area (Å²) in [5, 5.41) is 3.80. The summed E-state index contributed by atoms with van der Waals surface area (Å²) < 4.78 is 0. The molecule has 1 unspecified atom stereocenters. The minimum Gasteiger partial charge on any atom is -0.311 e. The van der Waals surface area contributed by atoms with Gasteiger partial charge in [0.05, 0.1) is 0 Å². The van der Waals surface area contributed by atoms with Crippen LogP contribution >= 0.6 is 0 Å². The van der Waals surface area contributed by atoms with E-state index in [1.165, 1.54) is 71.5 Å². The molecule has 0 saturated carbocycles. The molecule has 0 aromatic heterocycles. The summed E-state index contributed by atoms with van der Waals surface area (Å²) in [6.45, 7) is 9.16. The van der Waals surface area contributed by atoms with E-state index in [1.54, 1.807) is 0 Å². The quantitative estimate of drug-likeness (QED) is 0.759. The highest BCUT2D eigenvalue weighted by Crippen LogP contribution is 2.27. The van der Waals surface area contributed by atoms with Gasteiger partial charge in [-0.3, -0.25) is 0 Å². The van der Waals surface area contributed by atoms with Gasteiger partial charge in [-0.1, -0.05) is 0 Å². The van der Waals surface area contributed by atoms with Gasteiger partial charge < -0.3 is 15.1 Å². The molecule has 0 spiro atoms. The molecule has 4 aliphatic rings. The number of fused-ring (bicyclic) bond motifs is 3. The molecule has 92 valence electrons. The van der Waals surface area contributed by atoms with Crippen LogP contribution in [0.1, 0.15) is 25.7 Å². The first kappa shape index (κ1) is 11.0. The fraction of sp³-hybridized carbons (Fsp3) is 1.00. The molecule has 16 heavy (non-hydrogen) atoms. The SMILES string of the molecule is C1CCN(CCNC2CN3CCC2CC3)C1. The Morgan fingerprint density at radius 3 is 2.38 bits per heavy atom. The molecule has 3 heteroatoms. The number of rotatable bonds is 4. The molecule has 4 rings (SSSR count). The Bertz CT molecular complexity index is 217. The van der Waals surface area contributed by atoms with Gasteiger partial charge in [0, 0.05) is 25.7 Å². The van der Waals surface area contributed by atoms with E-state index in [0.29, 0.717) is 0 Å². The normalized spacial score (nSPS) is 39.4. The summed E-state index contributed by atoms with van der Waals surface area (Å²) in [7, 11) is 0. The molecule has 3 nitrogen and oxygen atoms in total. The minimum absolute atomic E-state index is 0.796. The molecule has 4 fully saturated rings. The molecule has 2 bridgehead atoms. The predicted molar refractivity (Wildman–Crippen MR) is 66.6 cm³/mol. The van der Waals surface area contributed by atoms with Crippen molar-refractivity contribution in [3.8, 4) is 0 Å². The van der Waals surface area contributed by atoms with Crippen molar-refractivity contribution < 1.29 is 0 Å². The lowest BCUT2D eigenvalue weighted by molar-refractivity contribution is 0.0718. The van der Waals surface area contributed by atoms with E-state index in [4.69, 9.17) is 0 Å². The van der Waals surface area contributed by atoms with Gasteiger partial charge in [-0.15, -0.1) is 0 Å². The zero-order valence-corrected chi connectivity index (χ0v) is 10.3. The van der Waals surface area contributed by atoms with E-state index in [-0.39, 0.29) is 0 Å². The Labute approximate surface area is 99.2 Å². The lowest BCUT2D eigenvalue weighted by Crippen LogP contribution is -2.56. The first-order valence-electron chi connectivity index (χ1n) is 7.10. The Kier molecular flexibility index (Phi) is 3.46. The number of hydrogen-bond donors (Lipinski definition) is 1. The van der Waals surface area contributed by atoms with E-state index < -0.39 is 0 Å². The van der Waals surface area contributed by atoms with Crippen molar-refractivity contribution in [1.29, 1.82) is 0 Å². The van der Waals surface area contributed by atoms with E-state index in [2.05, 4.69) is 15.1 Å². The summed E-state index contributed by atoms with van der Waals surface area (Å²) in [6, 6.07) is 0.796. The molecule has 0 amide bonds. The Hall–Kier alpha value is -0.120. The lowest BCUT2D eigenvalue weighted by atomic mass is 9.84. The lowest BCUT2D eigenvalue weighted by Gasteiger charge is -2.45. The van der Waals surface area contributed by atoms with Gasteiger partial charge in [-0.2, -0.15) is 0 Å². The van der Waals surface area contributed by atoms with Crippen LogP contribution in [0.4, 0.5) is 0 Å². The van der Waals surface area contributed by atoms with Crippen LogP contribution in [-0.4, -0.2) is 61.7 Å². The van der Waals surface area contributed by atoms with E-state index in [0.717, 1.165) is 12.0 Å². The maximum atomic E-state index is 3.80. The second-order valence-electron chi connectivity index (χ2n) is 5.75. The summed E-state index contributed by atoms with van der Waals surface area (Å²) in [6.07, 6.45) is 5.70. The average molecular weight is 223 g/mol. The fourth-order valence-corrected chi connectivity index (χ4v) is 3.61.